The summed E-state index contributed by atoms with van der Waals surface area (Å²) >= 11 is 3.28. The van der Waals surface area contributed by atoms with Crippen LogP contribution in [0.1, 0.15) is 18.7 Å². The van der Waals surface area contributed by atoms with Crippen LogP contribution in [-0.2, 0) is 6.42 Å². The zero-order chi connectivity index (χ0) is 10.7. The quantitative estimate of drug-likeness (QED) is 0.839. The topological polar surface area (TPSA) is 58.0 Å². The summed E-state index contributed by atoms with van der Waals surface area (Å²) in [6.45, 7) is 1.62. The lowest BCUT2D eigenvalue weighted by molar-refractivity contribution is 0.0152. The lowest BCUT2D eigenvalue weighted by Gasteiger charge is -2.31. The van der Waals surface area contributed by atoms with Crippen molar-refractivity contribution < 1.29 is 5.11 Å². The van der Waals surface area contributed by atoms with E-state index in [0.717, 1.165) is 23.9 Å². The molecule has 0 aliphatic carbocycles. The maximum absolute atomic E-state index is 10.2. The normalized spacial score (nSPS) is 26.5. The summed E-state index contributed by atoms with van der Waals surface area (Å²) < 4.78 is 0.861. The average molecular weight is 272 g/mol. The highest BCUT2D eigenvalue weighted by Gasteiger charge is 2.30. The number of piperidine rings is 1. The smallest absolute Gasteiger partial charge is 0.131 e. The first-order valence-corrected chi connectivity index (χ1v) is 5.87. The van der Waals surface area contributed by atoms with Crippen molar-refractivity contribution in [1.29, 1.82) is 0 Å². The minimum atomic E-state index is -0.675. The van der Waals surface area contributed by atoms with Crippen molar-refractivity contribution in [2.45, 2.75) is 24.9 Å². The van der Waals surface area contributed by atoms with Crippen LogP contribution in [0, 0.1) is 0 Å². The van der Waals surface area contributed by atoms with Gasteiger partial charge < -0.3 is 10.4 Å². The lowest BCUT2D eigenvalue weighted by atomic mass is 9.90. The molecule has 1 fully saturated rings. The van der Waals surface area contributed by atoms with Crippen LogP contribution in [-0.4, -0.2) is 33.8 Å². The van der Waals surface area contributed by atoms with Gasteiger partial charge in [0.05, 0.1) is 10.1 Å². The number of hydrogen-bond acceptors (Lipinski definition) is 4. The van der Waals surface area contributed by atoms with E-state index in [1.165, 1.54) is 0 Å². The molecule has 2 N–H and O–H groups in total. The van der Waals surface area contributed by atoms with Crippen molar-refractivity contribution in [3.8, 4) is 0 Å². The maximum Gasteiger partial charge on any atom is 0.131 e. The summed E-state index contributed by atoms with van der Waals surface area (Å²) in [7, 11) is 0. The van der Waals surface area contributed by atoms with Gasteiger partial charge in [-0.3, -0.25) is 0 Å². The number of halogens is 1. The molecule has 0 aromatic carbocycles. The molecule has 4 nitrogen and oxygen atoms in total. The van der Waals surface area contributed by atoms with Gasteiger partial charge in [-0.1, -0.05) is 0 Å². The Morgan fingerprint density at radius 1 is 1.47 bits per heavy atom. The molecule has 1 atom stereocenters. The molecule has 1 aromatic heterocycles. The van der Waals surface area contributed by atoms with Crippen LogP contribution < -0.4 is 5.32 Å². The number of nitrogens with one attached hydrogen (secondary N) is 1. The van der Waals surface area contributed by atoms with Crippen molar-refractivity contribution >= 4 is 15.9 Å². The molecule has 82 valence electrons. The Balaban J connectivity index is 2.03. The van der Waals surface area contributed by atoms with Crippen molar-refractivity contribution in [3.05, 3.63) is 22.7 Å². The minimum absolute atomic E-state index is 0.521. The predicted molar refractivity (Wildman–Crippen MR) is 60.5 cm³/mol. The monoisotopic (exact) mass is 271 g/mol. The third-order valence-electron chi connectivity index (χ3n) is 2.61. The molecule has 0 radical (unpaired) electrons. The van der Waals surface area contributed by atoms with E-state index in [-0.39, 0.29) is 0 Å². The summed E-state index contributed by atoms with van der Waals surface area (Å²) in [4.78, 5) is 8.34. The summed E-state index contributed by atoms with van der Waals surface area (Å²) in [5.41, 5.74) is -0.675. The van der Waals surface area contributed by atoms with Gasteiger partial charge in [-0.25, -0.2) is 9.97 Å². The average Bonchev–Trinajstić information content (AvgIpc) is 2.22. The zero-order valence-corrected chi connectivity index (χ0v) is 10.00. The van der Waals surface area contributed by atoms with Crippen LogP contribution in [0.3, 0.4) is 0 Å². The second kappa shape index (κ2) is 4.55. The van der Waals surface area contributed by atoms with Gasteiger partial charge in [0.15, 0.2) is 0 Å². The standard InChI is InChI=1S/C10H14BrN3O/c11-8-5-13-9(14-6-8)4-10(15)2-1-3-12-7-10/h5-6,12,15H,1-4,7H2. The number of hydrogen-bond donors (Lipinski definition) is 2. The third kappa shape index (κ3) is 2.96. The summed E-state index contributed by atoms with van der Waals surface area (Å²) in [5, 5.41) is 13.4. The highest BCUT2D eigenvalue weighted by Crippen LogP contribution is 2.19. The van der Waals surface area contributed by atoms with Gasteiger partial charge in [-0.05, 0) is 35.3 Å². The zero-order valence-electron chi connectivity index (χ0n) is 8.41. The van der Waals surface area contributed by atoms with Crippen molar-refractivity contribution in [2.75, 3.05) is 13.1 Å². The number of aliphatic hydroxyl groups is 1. The number of nitrogens with zero attached hydrogens (tertiary/aromatic N) is 2. The Morgan fingerprint density at radius 3 is 2.80 bits per heavy atom. The van der Waals surface area contributed by atoms with Crippen LogP contribution in [0.4, 0.5) is 0 Å². The first-order valence-electron chi connectivity index (χ1n) is 5.07. The van der Waals surface area contributed by atoms with E-state index in [0.29, 0.717) is 18.8 Å². The van der Waals surface area contributed by atoms with E-state index >= 15 is 0 Å². The molecule has 1 aliphatic heterocycles. The van der Waals surface area contributed by atoms with E-state index in [2.05, 4.69) is 31.2 Å². The number of rotatable bonds is 2. The SMILES string of the molecule is OC1(Cc2ncc(Br)cn2)CCCNC1. The highest BCUT2D eigenvalue weighted by molar-refractivity contribution is 9.10. The third-order valence-corrected chi connectivity index (χ3v) is 3.02. The Labute approximate surface area is 97.3 Å². The lowest BCUT2D eigenvalue weighted by Crippen LogP contribution is -2.47. The first kappa shape index (κ1) is 11.0. The molecule has 15 heavy (non-hydrogen) atoms. The fourth-order valence-corrected chi connectivity index (χ4v) is 2.03. The summed E-state index contributed by atoms with van der Waals surface area (Å²) in [6, 6.07) is 0. The van der Waals surface area contributed by atoms with Crippen LogP contribution in [0.5, 0.6) is 0 Å². The van der Waals surface area contributed by atoms with Crippen LogP contribution in [0.2, 0.25) is 0 Å². The minimum Gasteiger partial charge on any atom is -0.388 e. The largest absolute Gasteiger partial charge is 0.388 e. The van der Waals surface area contributed by atoms with E-state index in [1.807, 2.05) is 0 Å². The van der Waals surface area contributed by atoms with Gasteiger partial charge in [-0.2, -0.15) is 0 Å². The molecule has 2 heterocycles. The molecule has 0 saturated carbocycles. The van der Waals surface area contributed by atoms with Crippen molar-refractivity contribution in [1.82, 2.24) is 15.3 Å². The van der Waals surface area contributed by atoms with E-state index < -0.39 is 5.60 Å². The molecule has 1 aromatic rings. The maximum atomic E-state index is 10.2. The summed E-state index contributed by atoms with van der Waals surface area (Å²) in [5.74, 6) is 0.699. The second-order valence-corrected chi connectivity index (χ2v) is 4.91. The van der Waals surface area contributed by atoms with E-state index in [9.17, 15) is 5.11 Å². The highest BCUT2D eigenvalue weighted by atomic mass is 79.9. The Bertz CT molecular complexity index is 322. The fourth-order valence-electron chi connectivity index (χ4n) is 1.83. The molecular weight excluding hydrogens is 258 g/mol. The van der Waals surface area contributed by atoms with E-state index in [4.69, 9.17) is 0 Å². The Hall–Kier alpha value is -0.520. The molecular formula is C10H14BrN3O. The number of aromatic nitrogens is 2. The Kier molecular flexibility index (Phi) is 3.33. The first-order chi connectivity index (χ1) is 7.18. The van der Waals surface area contributed by atoms with Crippen molar-refractivity contribution in [3.63, 3.8) is 0 Å². The van der Waals surface area contributed by atoms with Crippen LogP contribution >= 0.6 is 15.9 Å². The molecule has 0 spiro atoms. The second-order valence-electron chi connectivity index (χ2n) is 4.00. The number of β-amino-alcohol motifs (C(OH)–C–C–N with tert-alkyl or cyclic N) is 1. The van der Waals surface area contributed by atoms with Gasteiger partial charge in [-0.15, -0.1) is 0 Å². The molecule has 1 aliphatic rings. The van der Waals surface area contributed by atoms with Gasteiger partial charge in [0.2, 0.25) is 0 Å². The molecule has 0 amide bonds. The fraction of sp³-hybridized carbons (Fsp3) is 0.600. The Morgan fingerprint density at radius 2 is 2.20 bits per heavy atom. The van der Waals surface area contributed by atoms with Crippen molar-refractivity contribution in [2.24, 2.45) is 0 Å². The molecule has 2 rings (SSSR count). The van der Waals surface area contributed by atoms with Crippen LogP contribution in [0.15, 0.2) is 16.9 Å². The predicted octanol–water partition coefficient (Wildman–Crippen LogP) is 0.896. The van der Waals surface area contributed by atoms with Gasteiger partial charge >= 0.3 is 0 Å². The summed E-state index contributed by atoms with van der Waals surface area (Å²) in [6.07, 6.45) is 5.77. The molecule has 1 saturated heterocycles. The van der Waals surface area contributed by atoms with Gasteiger partial charge in [0, 0.05) is 25.4 Å². The van der Waals surface area contributed by atoms with Crippen LogP contribution in [0.25, 0.3) is 0 Å². The molecule has 5 heteroatoms. The van der Waals surface area contributed by atoms with E-state index in [1.54, 1.807) is 12.4 Å². The molecule has 0 bridgehead atoms. The molecule has 1 unspecified atom stereocenters. The van der Waals surface area contributed by atoms with Gasteiger partial charge in [0.1, 0.15) is 5.82 Å². The van der Waals surface area contributed by atoms with Gasteiger partial charge in [0.25, 0.3) is 0 Å².